The van der Waals surface area contributed by atoms with Crippen LogP contribution in [0.25, 0.3) is 39.0 Å². The Bertz CT molecular complexity index is 1510. The predicted molar refractivity (Wildman–Crippen MR) is 156 cm³/mol. The van der Waals surface area contributed by atoms with Crippen molar-refractivity contribution in [3.05, 3.63) is 59.3 Å². The molecular formula is C24H20O2S7. The first-order valence-corrected chi connectivity index (χ1v) is 18.2. The predicted octanol–water partition coefficient (Wildman–Crippen LogP) is 8.07. The molecule has 2 atom stereocenters. The summed E-state index contributed by atoms with van der Waals surface area (Å²) in [6.07, 6.45) is 3.27. The second kappa shape index (κ2) is 8.64. The molecule has 0 saturated heterocycles. The van der Waals surface area contributed by atoms with Crippen molar-refractivity contribution < 1.29 is 8.42 Å². The quantitative estimate of drug-likeness (QED) is 0.195. The van der Waals surface area contributed by atoms with E-state index in [1.165, 1.54) is 9.75 Å². The fourth-order valence-electron chi connectivity index (χ4n) is 3.53. The highest BCUT2D eigenvalue weighted by atomic mass is 32.2. The number of hydrogen-bond donors (Lipinski definition) is 0. The van der Waals surface area contributed by atoms with E-state index in [1.807, 2.05) is 12.1 Å². The average molecular weight is 565 g/mol. The van der Waals surface area contributed by atoms with Gasteiger partial charge in [0.25, 0.3) is 0 Å². The molecule has 9 heteroatoms. The summed E-state index contributed by atoms with van der Waals surface area (Å²) in [6, 6.07) is 16.6. The molecule has 0 aliphatic heterocycles. The highest BCUT2D eigenvalue weighted by Gasteiger charge is 2.29. The summed E-state index contributed by atoms with van der Waals surface area (Å²) in [5.74, 6) is 8.01. The van der Waals surface area contributed by atoms with Gasteiger partial charge in [0.15, 0.2) is 0 Å². The molecule has 0 aliphatic carbocycles. The van der Waals surface area contributed by atoms with Gasteiger partial charge in [-0.25, -0.2) is 0 Å². The van der Waals surface area contributed by atoms with Crippen molar-refractivity contribution >= 4 is 87.5 Å². The van der Waals surface area contributed by atoms with Crippen LogP contribution in [0.2, 0.25) is 0 Å². The van der Waals surface area contributed by atoms with Gasteiger partial charge in [-0.2, -0.15) is 0 Å². The van der Waals surface area contributed by atoms with Gasteiger partial charge in [-0.05, 0) is 77.9 Å². The molecule has 0 N–H and O–H groups in total. The molecular weight excluding hydrogens is 545 g/mol. The van der Waals surface area contributed by atoms with Gasteiger partial charge in [-0.1, -0.05) is 12.1 Å². The van der Waals surface area contributed by atoms with Crippen LogP contribution in [0.3, 0.4) is 0 Å². The lowest BCUT2D eigenvalue weighted by molar-refractivity contribution is 0.677. The molecule has 0 aliphatic rings. The van der Waals surface area contributed by atoms with E-state index in [0.29, 0.717) is 9.79 Å². The zero-order chi connectivity index (χ0) is 23.4. The van der Waals surface area contributed by atoms with Gasteiger partial charge < -0.3 is 0 Å². The van der Waals surface area contributed by atoms with E-state index in [2.05, 4.69) is 58.9 Å². The minimum Gasteiger partial charge on any atom is -0.263 e. The molecule has 2 nitrogen and oxygen atoms in total. The lowest BCUT2D eigenvalue weighted by Gasteiger charge is -2.11. The van der Waals surface area contributed by atoms with Crippen molar-refractivity contribution in [1.82, 2.24) is 0 Å². The highest BCUT2D eigenvalue weighted by Crippen LogP contribution is 2.51. The molecule has 0 aromatic carbocycles. The van der Waals surface area contributed by atoms with Crippen molar-refractivity contribution in [3.8, 4) is 39.0 Å². The van der Waals surface area contributed by atoms with Crippen molar-refractivity contribution in [2.24, 2.45) is 0 Å². The topological polar surface area (TPSA) is 34.1 Å². The van der Waals surface area contributed by atoms with Crippen LogP contribution in [0.4, 0.5) is 0 Å². The average Bonchev–Trinajstić information content (AvgIpc) is 3.56. The van der Waals surface area contributed by atoms with E-state index in [-0.39, 0.29) is 0 Å². The molecule has 0 bridgehead atoms. The minimum atomic E-state index is -2.66. The summed E-state index contributed by atoms with van der Waals surface area (Å²) in [7, 11) is -5.31. The molecule has 0 saturated carbocycles. The van der Waals surface area contributed by atoms with Crippen molar-refractivity contribution in [3.63, 3.8) is 0 Å². The van der Waals surface area contributed by atoms with Gasteiger partial charge in [-0.15, -0.1) is 56.7 Å². The van der Waals surface area contributed by atoms with Crippen LogP contribution < -0.4 is 0 Å². The van der Waals surface area contributed by atoms with E-state index < -0.39 is 19.0 Å². The summed E-state index contributed by atoms with van der Waals surface area (Å²) in [6.45, 7) is 0. The smallest absolute Gasteiger partial charge is 0.0659 e. The Labute approximate surface area is 214 Å². The molecule has 5 heterocycles. The van der Waals surface area contributed by atoms with Crippen molar-refractivity contribution in [1.29, 1.82) is 0 Å². The van der Waals surface area contributed by atoms with Gasteiger partial charge in [0, 0.05) is 41.8 Å². The van der Waals surface area contributed by atoms with Gasteiger partial charge in [-0.3, -0.25) is 8.42 Å². The van der Waals surface area contributed by atoms with Gasteiger partial charge in [0.1, 0.15) is 0 Å². The Morgan fingerprint density at radius 3 is 1.30 bits per heavy atom. The summed E-state index contributed by atoms with van der Waals surface area (Å²) < 4.78 is 27.0. The molecule has 0 spiro atoms. The number of hydrogen-bond acceptors (Lipinski definition) is 7. The third-order valence-corrected chi connectivity index (χ3v) is 13.7. The third kappa shape index (κ3) is 4.48. The fourth-order valence-corrected chi connectivity index (χ4v) is 13.2. The highest BCUT2D eigenvalue weighted by molar-refractivity contribution is 8.03. The summed E-state index contributed by atoms with van der Waals surface area (Å²) in [4.78, 5) is 9.73. The Hall–Kier alpha value is -1.46. The summed E-state index contributed by atoms with van der Waals surface area (Å²) in [5.41, 5.74) is 0. The Morgan fingerprint density at radius 2 is 0.970 bits per heavy atom. The van der Waals surface area contributed by atoms with Crippen LogP contribution in [0, 0.1) is 0 Å². The zero-order valence-electron chi connectivity index (χ0n) is 17.9. The summed E-state index contributed by atoms with van der Waals surface area (Å²) >= 11 is 8.28. The van der Waals surface area contributed by atoms with E-state index in [9.17, 15) is 8.42 Å². The van der Waals surface area contributed by atoms with E-state index >= 15 is 0 Å². The second-order valence-corrected chi connectivity index (χ2v) is 17.6. The van der Waals surface area contributed by atoms with Crippen LogP contribution in [0.15, 0.2) is 69.1 Å². The molecule has 0 amide bonds. The molecule has 5 rings (SSSR count). The first-order valence-electron chi connectivity index (χ1n) is 9.72. The van der Waals surface area contributed by atoms with E-state index in [0.717, 1.165) is 29.3 Å². The normalized spacial score (nSPS) is 15.3. The zero-order valence-corrected chi connectivity index (χ0v) is 23.6. The van der Waals surface area contributed by atoms with E-state index in [1.54, 1.807) is 69.2 Å². The monoisotopic (exact) mass is 564 g/mol. The van der Waals surface area contributed by atoms with Crippen molar-refractivity contribution in [2.45, 2.75) is 9.79 Å². The first-order chi connectivity index (χ1) is 15.6. The second-order valence-electron chi connectivity index (χ2n) is 7.71. The van der Waals surface area contributed by atoms with Crippen LogP contribution in [0.5, 0.6) is 0 Å². The molecule has 33 heavy (non-hydrogen) atoms. The molecule has 5 aromatic heterocycles. The number of thiophene rings is 5. The Morgan fingerprint density at radius 1 is 0.576 bits per heavy atom. The third-order valence-electron chi connectivity index (χ3n) is 4.87. The maximum absolute atomic E-state index is 13.5. The SMILES string of the molecule is C=S(C)(=O)c1c(-c2ccc(-c3cccs3)s2)sc(-c2ccc(-c3cccs3)s2)c1S(=C)(C)=O. The van der Waals surface area contributed by atoms with Crippen LogP contribution in [0.1, 0.15) is 0 Å². The molecule has 2 unspecified atom stereocenters. The lowest BCUT2D eigenvalue weighted by atomic mass is 10.3. The van der Waals surface area contributed by atoms with Gasteiger partial charge in [0.05, 0.1) is 19.5 Å². The minimum absolute atomic E-state index is 0.593. The standard InChI is InChI=1S/C24H20O2S7/c1-32(2,25)23-21(19-11-9-17(29-19)15-7-5-13-27-15)31-22(24(23)33(3,4)26)20-12-10-18(30-20)16-8-6-14-28-16/h5-14H,1,3H2,2,4H3. The van der Waals surface area contributed by atoms with Crippen molar-refractivity contribution in [2.75, 3.05) is 12.5 Å². The fraction of sp³-hybridized carbons (Fsp3) is 0.0833. The maximum Gasteiger partial charge on any atom is 0.0659 e. The lowest BCUT2D eigenvalue weighted by Crippen LogP contribution is -2.06. The molecule has 0 radical (unpaired) electrons. The molecule has 5 aromatic rings. The number of rotatable bonds is 6. The maximum atomic E-state index is 13.5. The largest absolute Gasteiger partial charge is 0.263 e. The van der Waals surface area contributed by atoms with Gasteiger partial charge >= 0.3 is 0 Å². The molecule has 170 valence electrons. The van der Waals surface area contributed by atoms with E-state index in [4.69, 9.17) is 0 Å². The first kappa shape index (κ1) is 23.3. The van der Waals surface area contributed by atoms with Crippen LogP contribution in [-0.4, -0.2) is 32.7 Å². The summed E-state index contributed by atoms with van der Waals surface area (Å²) in [5, 5.41) is 4.13. The molecule has 0 fully saturated rings. The van der Waals surface area contributed by atoms with Crippen LogP contribution >= 0.6 is 56.7 Å². The Balaban J connectivity index is 1.75. The Kier molecular flexibility index (Phi) is 6.10. The van der Waals surface area contributed by atoms with Gasteiger partial charge in [0.2, 0.25) is 0 Å². The van der Waals surface area contributed by atoms with Crippen LogP contribution in [-0.2, 0) is 19.0 Å².